The number of aromatic carboxylic acids is 1. The first-order valence-electron chi connectivity index (χ1n) is 10.8. The van der Waals surface area contributed by atoms with Crippen LogP contribution in [0.25, 0.3) is 0 Å². The lowest BCUT2D eigenvalue weighted by Gasteiger charge is -2.40. The van der Waals surface area contributed by atoms with E-state index in [9.17, 15) is 18.3 Å². The quantitative estimate of drug-likeness (QED) is 0.652. The highest BCUT2D eigenvalue weighted by Gasteiger charge is 2.29. The van der Waals surface area contributed by atoms with Crippen LogP contribution < -0.4 is 9.62 Å². The molecular formula is C22H27ClN4O4S. The zero-order valence-corrected chi connectivity index (χ0v) is 19.3. The number of carboxylic acids is 1. The fourth-order valence-electron chi connectivity index (χ4n) is 4.49. The zero-order valence-electron chi connectivity index (χ0n) is 17.7. The molecule has 172 valence electrons. The summed E-state index contributed by atoms with van der Waals surface area (Å²) in [5.41, 5.74) is 0.0510. The van der Waals surface area contributed by atoms with Gasteiger partial charge in [-0.25, -0.2) is 18.2 Å². The minimum atomic E-state index is -4.03. The zero-order chi connectivity index (χ0) is 22.7. The maximum absolute atomic E-state index is 13.0. The summed E-state index contributed by atoms with van der Waals surface area (Å²) in [5, 5.41) is 9.48. The largest absolute Gasteiger partial charge is 0.478 e. The predicted molar refractivity (Wildman–Crippen MR) is 124 cm³/mol. The number of hydrogen-bond acceptors (Lipinski definition) is 6. The first kappa shape index (κ1) is 22.8. The van der Waals surface area contributed by atoms with Gasteiger partial charge in [-0.2, -0.15) is 0 Å². The van der Waals surface area contributed by atoms with Gasteiger partial charge in [0, 0.05) is 25.3 Å². The minimum absolute atomic E-state index is 0.0721. The van der Waals surface area contributed by atoms with Gasteiger partial charge < -0.3 is 14.9 Å². The lowest BCUT2D eigenvalue weighted by molar-refractivity contribution is 0.0696. The molecule has 1 aromatic heterocycles. The Morgan fingerprint density at radius 1 is 1.09 bits per heavy atom. The van der Waals surface area contributed by atoms with E-state index >= 15 is 0 Å². The topological polar surface area (TPSA) is 103 Å². The number of anilines is 2. The number of pyridine rings is 1. The molecule has 10 heteroatoms. The highest BCUT2D eigenvalue weighted by Crippen LogP contribution is 2.32. The summed E-state index contributed by atoms with van der Waals surface area (Å²) >= 11 is 6.09. The van der Waals surface area contributed by atoms with Crippen molar-refractivity contribution in [1.29, 1.82) is 0 Å². The van der Waals surface area contributed by atoms with Crippen molar-refractivity contribution >= 4 is 39.1 Å². The molecule has 0 bridgehead atoms. The lowest BCUT2D eigenvalue weighted by Crippen LogP contribution is -2.47. The Morgan fingerprint density at radius 2 is 1.78 bits per heavy atom. The molecule has 4 rings (SSSR count). The summed E-state index contributed by atoms with van der Waals surface area (Å²) in [6, 6.07) is 7.96. The molecule has 0 amide bonds. The van der Waals surface area contributed by atoms with Gasteiger partial charge in [0.25, 0.3) is 10.0 Å². The van der Waals surface area contributed by atoms with Crippen LogP contribution in [0, 0.1) is 0 Å². The van der Waals surface area contributed by atoms with E-state index in [0.29, 0.717) is 11.9 Å². The van der Waals surface area contributed by atoms with Crippen LogP contribution in [0.2, 0.25) is 5.02 Å². The Hall–Kier alpha value is -2.36. The van der Waals surface area contributed by atoms with Gasteiger partial charge in [-0.15, -0.1) is 0 Å². The molecule has 2 fully saturated rings. The van der Waals surface area contributed by atoms with Gasteiger partial charge in [0.05, 0.1) is 16.3 Å². The van der Waals surface area contributed by atoms with Crippen molar-refractivity contribution in [2.45, 2.75) is 43.0 Å². The normalized spacial score (nSPS) is 18.5. The number of halogens is 1. The van der Waals surface area contributed by atoms with Crippen LogP contribution in [0.15, 0.2) is 41.4 Å². The van der Waals surface area contributed by atoms with Crippen molar-refractivity contribution in [2.75, 3.05) is 35.8 Å². The Morgan fingerprint density at radius 3 is 2.44 bits per heavy atom. The van der Waals surface area contributed by atoms with Gasteiger partial charge >= 0.3 is 5.97 Å². The SMILES string of the molecule is O=C(O)c1cnc(N2CCC(N3CCCCC3)CC2)c(NS(=O)(=O)c2ccccc2Cl)c1. The molecule has 0 radical (unpaired) electrons. The fraction of sp³-hybridized carbons (Fsp3) is 0.455. The number of nitrogens with zero attached hydrogens (tertiary/aromatic N) is 3. The number of sulfonamides is 1. The maximum Gasteiger partial charge on any atom is 0.337 e. The third kappa shape index (κ3) is 5.00. The number of likely N-dealkylation sites (tertiary alicyclic amines) is 1. The Labute approximate surface area is 193 Å². The van der Waals surface area contributed by atoms with E-state index in [0.717, 1.165) is 39.0 Å². The number of rotatable bonds is 6. The molecule has 8 nitrogen and oxygen atoms in total. The summed E-state index contributed by atoms with van der Waals surface area (Å²) in [4.78, 5) is 20.3. The molecule has 0 saturated carbocycles. The van der Waals surface area contributed by atoms with Crippen molar-refractivity contribution in [1.82, 2.24) is 9.88 Å². The van der Waals surface area contributed by atoms with Crippen LogP contribution in [0.1, 0.15) is 42.5 Å². The molecular weight excluding hydrogens is 452 g/mol. The van der Waals surface area contributed by atoms with E-state index < -0.39 is 16.0 Å². The van der Waals surface area contributed by atoms with E-state index in [4.69, 9.17) is 11.6 Å². The first-order valence-corrected chi connectivity index (χ1v) is 12.7. The van der Waals surface area contributed by atoms with E-state index in [-0.39, 0.29) is 21.2 Å². The number of carbonyl (C=O) groups is 1. The standard InChI is InChI=1S/C22H27ClN4O4S/c23-18-6-2-3-7-20(18)32(30,31)25-19-14-16(22(28)29)15-24-21(19)27-12-8-17(9-13-27)26-10-4-1-5-11-26/h2-3,6-7,14-15,17,25H,1,4-5,8-13H2,(H,28,29). The number of carboxylic acid groups (broad SMARTS) is 1. The van der Waals surface area contributed by atoms with Crippen LogP contribution in [0.4, 0.5) is 11.5 Å². The lowest BCUT2D eigenvalue weighted by atomic mass is 10.00. The van der Waals surface area contributed by atoms with Gasteiger partial charge in [0.15, 0.2) is 5.82 Å². The second-order valence-electron chi connectivity index (χ2n) is 8.25. The molecule has 3 heterocycles. The van der Waals surface area contributed by atoms with E-state index in [2.05, 4.69) is 14.6 Å². The highest BCUT2D eigenvalue weighted by molar-refractivity contribution is 7.92. The third-order valence-corrected chi connectivity index (χ3v) is 8.02. The Bertz CT molecular complexity index is 1080. The predicted octanol–water partition coefficient (Wildman–Crippen LogP) is 3.69. The number of hydrogen-bond donors (Lipinski definition) is 2. The summed E-state index contributed by atoms with van der Waals surface area (Å²) in [7, 11) is -4.03. The van der Waals surface area contributed by atoms with Crippen molar-refractivity contribution in [3.8, 4) is 0 Å². The average Bonchev–Trinajstić information content (AvgIpc) is 2.79. The molecule has 2 aliphatic heterocycles. The van der Waals surface area contributed by atoms with Crippen LogP contribution in [-0.4, -0.2) is 61.6 Å². The van der Waals surface area contributed by atoms with Crippen LogP contribution >= 0.6 is 11.6 Å². The second-order valence-corrected chi connectivity index (χ2v) is 10.3. The van der Waals surface area contributed by atoms with Gasteiger partial charge in [-0.3, -0.25) is 4.72 Å². The van der Waals surface area contributed by atoms with Crippen LogP contribution in [-0.2, 0) is 10.0 Å². The van der Waals surface area contributed by atoms with Crippen molar-refractivity contribution < 1.29 is 18.3 Å². The van der Waals surface area contributed by atoms with Crippen molar-refractivity contribution in [2.24, 2.45) is 0 Å². The minimum Gasteiger partial charge on any atom is -0.478 e. The Balaban J connectivity index is 1.58. The van der Waals surface area contributed by atoms with Gasteiger partial charge in [0.1, 0.15) is 4.90 Å². The molecule has 0 aliphatic carbocycles. The highest BCUT2D eigenvalue weighted by atomic mass is 35.5. The van der Waals surface area contributed by atoms with Gasteiger partial charge in [-0.1, -0.05) is 30.2 Å². The Kier molecular flexibility index (Phi) is 6.88. The van der Waals surface area contributed by atoms with Gasteiger partial charge in [-0.05, 0) is 57.0 Å². The van der Waals surface area contributed by atoms with Crippen molar-refractivity contribution in [3.63, 3.8) is 0 Å². The van der Waals surface area contributed by atoms with Crippen LogP contribution in [0.3, 0.4) is 0 Å². The molecule has 1 aromatic carbocycles. The fourth-order valence-corrected chi connectivity index (χ4v) is 6.06. The second kappa shape index (κ2) is 9.64. The van der Waals surface area contributed by atoms with E-state index in [1.807, 2.05) is 4.90 Å². The molecule has 32 heavy (non-hydrogen) atoms. The van der Waals surface area contributed by atoms with Gasteiger partial charge in [0.2, 0.25) is 0 Å². The average molecular weight is 479 g/mol. The van der Waals surface area contributed by atoms with E-state index in [1.165, 1.54) is 43.7 Å². The summed E-state index contributed by atoms with van der Waals surface area (Å²) < 4.78 is 28.5. The number of aromatic nitrogens is 1. The smallest absolute Gasteiger partial charge is 0.337 e. The van der Waals surface area contributed by atoms with Crippen LogP contribution in [0.5, 0.6) is 0 Å². The number of piperidine rings is 2. The third-order valence-electron chi connectivity index (χ3n) is 6.16. The molecule has 2 saturated heterocycles. The molecule has 2 aromatic rings. The summed E-state index contributed by atoms with van der Waals surface area (Å²) in [6.45, 7) is 3.72. The molecule has 0 atom stereocenters. The molecule has 0 unspecified atom stereocenters. The first-order chi connectivity index (χ1) is 15.3. The number of benzene rings is 1. The maximum atomic E-state index is 13.0. The molecule has 2 aliphatic rings. The monoisotopic (exact) mass is 478 g/mol. The summed E-state index contributed by atoms with van der Waals surface area (Å²) in [6.07, 6.45) is 6.96. The molecule has 2 N–H and O–H groups in total. The molecule has 0 spiro atoms. The number of nitrogens with one attached hydrogen (secondary N) is 1. The van der Waals surface area contributed by atoms with Crippen molar-refractivity contribution in [3.05, 3.63) is 47.1 Å². The van der Waals surface area contributed by atoms with E-state index in [1.54, 1.807) is 12.1 Å². The summed E-state index contributed by atoms with van der Waals surface area (Å²) in [5.74, 6) is -0.742.